The third kappa shape index (κ3) is 1.91. The average molecular weight is 258 g/mol. The summed E-state index contributed by atoms with van der Waals surface area (Å²) in [6.07, 6.45) is 3.89. The van der Waals surface area contributed by atoms with Crippen LogP contribution < -0.4 is 0 Å². The summed E-state index contributed by atoms with van der Waals surface area (Å²) < 4.78 is 0. The van der Waals surface area contributed by atoms with Crippen LogP contribution >= 0.6 is 0 Å². The van der Waals surface area contributed by atoms with Gasteiger partial charge in [0.1, 0.15) is 7.11 Å². The van der Waals surface area contributed by atoms with Crippen molar-refractivity contribution >= 4 is 12.1 Å². The van der Waals surface area contributed by atoms with Crippen LogP contribution in [0, 0.1) is 0 Å². The van der Waals surface area contributed by atoms with Crippen LogP contribution in [0.5, 0.6) is 0 Å². The van der Waals surface area contributed by atoms with Crippen LogP contribution in [0.2, 0.25) is 0 Å². The molecule has 1 heterocycles. The molecule has 2 aliphatic rings. The molecule has 19 heavy (non-hydrogen) atoms. The summed E-state index contributed by atoms with van der Waals surface area (Å²) in [5.74, 6) is 0. The van der Waals surface area contributed by atoms with Gasteiger partial charge in [0, 0.05) is 30.5 Å². The largest absolute Gasteiger partial charge is 0.399 e. The van der Waals surface area contributed by atoms with Crippen molar-refractivity contribution in [2.75, 3.05) is 20.2 Å². The molecule has 0 atom stereocenters. The summed E-state index contributed by atoms with van der Waals surface area (Å²) in [6, 6.07) is 8.45. The minimum absolute atomic E-state index is 0.146. The minimum Gasteiger partial charge on any atom is -0.399 e. The van der Waals surface area contributed by atoms with Crippen molar-refractivity contribution in [3.05, 3.63) is 35.4 Å². The second-order valence-corrected chi connectivity index (χ2v) is 5.36. The van der Waals surface area contributed by atoms with E-state index in [-0.39, 0.29) is 5.41 Å². The SMILES string of the molecule is CO/N=C1/CC2(CCN(C=O)CC2)c2ccccc21. The molecule has 1 spiro atoms. The third-order valence-corrected chi connectivity index (χ3v) is 4.42. The average Bonchev–Trinajstić information content (AvgIpc) is 2.75. The van der Waals surface area contributed by atoms with E-state index in [2.05, 4.69) is 23.4 Å². The Labute approximate surface area is 113 Å². The molecule has 0 radical (unpaired) electrons. The van der Waals surface area contributed by atoms with E-state index in [9.17, 15) is 4.79 Å². The Kier molecular flexibility index (Phi) is 3.01. The topological polar surface area (TPSA) is 41.9 Å². The number of fused-ring (bicyclic) bond motifs is 2. The number of likely N-dealkylation sites (tertiary alicyclic amines) is 1. The van der Waals surface area contributed by atoms with Gasteiger partial charge in [-0.2, -0.15) is 0 Å². The normalized spacial score (nSPS) is 22.6. The van der Waals surface area contributed by atoms with Crippen molar-refractivity contribution in [1.82, 2.24) is 4.90 Å². The van der Waals surface area contributed by atoms with Crippen LogP contribution in [0.1, 0.15) is 30.4 Å². The van der Waals surface area contributed by atoms with Crippen molar-refractivity contribution in [1.29, 1.82) is 0 Å². The van der Waals surface area contributed by atoms with Gasteiger partial charge >= 0.3 is 0 Å². The first-order valence-corrected chi connectivity index (χ1v) is 6.68. The number of oxime groups is 1. The molecule has 0 bridgehead atoms. The van der Waals surface area contributed by atoms with Gasteiger partial charge in [-0.3, -0.25) is 4.79 Å². The second-order valence-electron chi connectivity index (χ2n) is 5.36. The van der Waals surface area contributed by atoms with Crippen LogP contribution in [0.3, 0.4) is 0 Å². The zero-order valence-electron chi connectivity index (χ0n) is 11.1. The van der Waals surface area contributed by atoms with Crippen molar-refractivity contribution in [2.45, 2.75) is 24.7 Å². The molecular weight excluding hydrogens is 240 g/mol. The highest BCUT2D eigenvalue weighted by atomic mass is 16.6. The number of rotatable bonds is 2. The highest BCUT2D eigenvalue weighted by Crippen LogP contribution is 2.46. The zero-order chi connectivity index (χ0) is 13.3. The number of nitrogens with zero attached hydrogens (tertiary/aromatic N) is 2. The van der Waals surface area contributed by atoms with E-state index in [1.807, 2.05) is 11.0 Å². The number of hydrogen-bond donors (Lipinski definition) is 0. The quantitative estimate of drug-likeness (QED) is 0.601. The Hall–Kier alpha value is -1.84. The predicted molar refractivity (Wildman–Crippen MR) is 73.2 cm³/mol. The van der Waals surface area contributed by atoms with Crippen LogP contribution in [0.15, 0.2) is 29.4 Å². The Morgan fingerprint density at radius 2 is 2.05 bits per heavy atom. The summed E-state index contributed by atoms with van der Waals surface area (Å²) in [6.45, 7) is 1.66. The fourth-order valence-electron chi connectivity index (χ4n) is 3.40. The Morgan fingerprint density at radius 1 is 1.32 bits per heavy atom. The zero-order valence-corrected chi connectivity index (χ0v) is 11.1. The van der Waals surface area contributed by atoms with Crippen LogP contribution in [0.4, 0.5) is 0 Å². The van der Waals surface area contributed by atoms with E-state index < -0.39 is 0 Å². The lowest BCUT2D eigenvalue weighted by atomic mass is 9.74. The molecule has 4 heteroatoms. The summed E-state index contributed by atoms with van der Waals surface area (Å²) in [5, 5.41) is 4.19. The van der Waals surface area contributed by atoms with E-state index >= 15 is 0 Å². The van der Waals surface area contributed by atoms with Crippen molar-refractivity contribution < 1.29 is 9.63 Å². The fraction of sp³-hybridized carbons (Fsp3) is 0.467. The molecule has 1 aromatic rings. The smallest absolute Gasteiger partial charge is 0.209 e. The maximum Gasteiger partial charge on any atom is 0.209 e. The number of carbonyl (C=O) groups is 1. The lowest BCUT2D eigenvalue weighted by Gasteiger charge is -2.38. The molecule has 1 amide bonds. The summed E-state index contributed by atoms with van der Waals surface area (Å²) in [5.41, 5.74) is 3.77. The van der Waals surface area contributed by atoms with Gasteiger partial charge in [-0.25, -0.2) is 0 Å². The summed E-state index contributed by atoms with van der Waals surface area (Å²) in [7, 11) is 1.59. The Morgan fingerprint density at radius 3 is 2.74 bits per heavy atom. The van der Waals surface area contributed by atoms with Gasteiger partial charge in [-0.1, -0.05) is 29.4 Å². The lowest BCUT2D eigenvalue weighted by molar-refractivity contribution is -0.119. The predicted octanol–water partition coefficient (Wildman–Crippen LogP) is 1.93. The van der Waals surface area contributed by atoms with E-state index in [1.165, 1.54) is 11.1 Å². The number of piperidine rings is 1. The van der Waals surface area contributed by atoms with Gasteiger partial charge in [0.15, 0.2) is 0 Å². The van der Waals surface area contributed by atoms with Gasteiger partial charge < -0.3 is 9.74 Å². The van der Waals surface area contributed by atoms with Crippen LogP contribution in [0.25, 0.3) is 0 Å². The first-order valence-electron chi connectivity index (χ1n) is 6.68. The molecule has 100 valence electrons. The van der Waals surface area contributed by atoms with Crippen molar-refractivity contribution in [3.63, 3.8) is 0 Å². The second kappa shape index (κ2) is 4.68. The van der Waals surface area contributed by atoms with Crippen molar-refractivity contribution in [2.24, 2.45) is 5.16 Å². The number of hydrogen-bond acceptors (Lipinski definition) is 3. The molecule has 3 rings (SSSR count). The van der Waals surface area contributed by atoms with Gasteiger partial charge in [-0.15, -0.1) is 0 Å². The molecule has 0 unspecified atom stereocenters. The van der Waals surface area contributed by atoms with Crippen LogP contribution in [-0.4, -0.2) is 37.2 Å². The van der Waals surface area contributed by atoms with Gasteiger partial charge in [0.2, 0.25) is 6.41 Å². The maximum absolute atomic E-state index is 10.9. The minimum atomic E-state index is 0.146. The van der Waals surface area contributed by atoms with E-state index in [0.29, 0.717) is 0 Å². The monoisotopic (exact) mass is 258 g/mol. The molecule has 0 aromatic heterocycles. The number of benzene rings is 1. The molecular formula is C15H18N2O2. The molecule has 1 aliphatic heterocycles. The number of amides is 1. The Bertz CT molecular complexity index is 517. The maximum atomic E-state index is 10.9. The van der Waals surface area contributed by atoms with Gasteiger partial charge in [0.25, 0.3) is 0 Å². The standard InChI is InChI=1S/C15H18N2O2/c1-19-16-14-10-15(6-8-17(11-18)9-7-15)13-5-3-2-4-12(13)14/h2-5,11H,6-10H2,1H3/b16-14-. The van der Waals surface area contributed by atoms with E-state index in [1.54, 1.807) is 7.11 Å². The highest BCUT2D eigenvalue weighted by Gasteiger charge is 2.44. The van der Waals surface area contributed by atoms with Crippen LogP contribution in [-0.2, 0) is 15.0 Å². The first-order chi connectivity index (χ1) is 9.29. The molecule has 4 nitrogen and oxygen atoms in total. The lowest BCUT2D eigenvalue weighted by Crippen LogP contribution is -2.41. The van der Waals surface area contributed by atoms with Gasteiger partial charge in [-0.05, 0) is 18.4 Å². The fourth-order valence-corrected chi connectivity index (χ4v) is 3.40. The number of carbonyl (C=O) groups excluding carboxylic acids is 1. The first kappa shape index (κ1) is 12.2. The highest BCUT2D eigenvalue weighted by molar-refractivity contribution is 6.05. The van der Waals surface area contributed by atoms with Gasteiger partial charge in [0.05, 0.1) is 5.71 Å². The third-order valence-electron chi connectivity index (χ3n) is 4.42. The van der Waals surface area contributed by atoms with E-state index in [0.717, 1.165) is 44.5 Å². The molecule has 0 N–H and O–H groups in total. The molecule has 1 fully saturated rings. The molecule has 0 saturated carbocycles. The Balaban J connectivity index is 1.97. The molecule has 1 aliphatic carbocycles. The van der Waals surface area contributed by atoms with E-state index in [4.69, 9.17) is 4.84 Å². The molecule has 1 saturated heterocycles. The van der Waals surface area contributed by atoms with Crippen molar-refractivity contribution in [3.8, 4) is 0 Å². The summed E-state index contributed by atoms with van der Waals surface area (Å²) >= 11 is 0. The molecule has 1 aromatic carbocycles. The summed E-state index contributed by atoms with van der Waals surface area (Å²) in [4.78, 5) is 17.7.